The van der Waals surface area contributed by atoms with Crippen molar-refractivity contribution in [2.24, 2.45) is 5.92 Å². The summed E-state index contributed by atoms with van der Waals surface area (Å²) < 4.78 is 0. The molecule has 1 aromatic rings. The van der Waals surface area contributed by atoms with Gasteiger partial charge in [-0.3, -0.25) is 4.79 Å². The minimum Gasteiger partial charge on any atom is -0.388 e. The maximum atomic E-state index is 12.1. The number of benzene rings is 1. The third-order valence-corrected chi connectivity index (χ3v) is 4.44. The van der Waals surface area contributed by atoms with Crippen molar-refractivity contribution in [3.8, 4) is 0 Å². The average molecular weight is 296 g/mol. The first kappa shape index (κ1) is 15.3. The molecule has 1 aliphatic carbocycles. The molecule has 1 amide bonds. The standard InChI is InChI=1S/C16H22ClNO2/c1-12-5-7-16(20,8-6-12)11-18-15(19)14-4-2-3-13(9-14)10-17/h2-4,9,12,20H,5-8,10-11H2,1H3,(H,18,19). The predicted molar refractivity (Wildman–Crippen MR) is 80.9 cm³/mol. The summed E-state index contributed by atoms with van der Waals surface area (Å²) in [6.07, 6.45) is 3.56. The van der Waals surface area contributed by atoms with Gasteiger partial charge in [-0.15, -0.1) is 11.6 Å². The zero-order valence-electron chi connectivity index (χ0n) is 11.9. The summed E-state index contributed by atoms with van der Waals surface area (Å²) >= 11 is 5.77. The van der Waals surface area contributed by atoms with Crippen LogP contribution >= 0.6 is 11.6 Å². The molecule has 2 N–H and O–H groups in total. The molecule has 1 saturated carbocycles. The first-order valence-electron chi connectivity index (χ1n) is 7.18. The summed E-state index contributed by atoms with van der Waals surface area (Å²) in [5.41, 5.74) is 0.771. The van der Waals surface area contributed by atoms with Crippen LogP contribution in [-0.2, 0) is 5.88 Å². The van der Waals surface area contributed by atoms with E-state index < -0.39 is 5.60 Å². The van der Waals surface area contributed by atoms with Gasteiger partial charge in [0.05, 0.1) is 5.60 Å². The quantitative estimate of drug-likeness (QED) is 0.839. The second-order valence-corrected chi connectivity index (χ2v) is 6.19. The van der Waals surface area contributed by atoms with E-state index in [4.69, 9.17) is 11.6 Å². The van der Waals surface area contributed by atoms with E-state index >= 15 is 0 Å². The molecule has 1 aliphatic rings. The van der Waals surface area contributed by atoms with Gasteiger partial charge in [0.15, 0.2) is 0 Å². The lowest BCUT2D eigenvalue weighted by molar-refractivity contribution is -0.00539. The number of nitrogens with one attached hydrogen (secondary N) is 1. The van der Waals surface area contributed by atoms with Crippen LogP contribution in [0.5, 0.6) is 0 Å². The lowest BCUT2D eigenvalue weighted by Crippen LogP contribution is -2.45. The van der Waals surface area contributed by atoms with E-state index in [9.17, 15) is 9.90 Å². The van der Waals surface area contributed by atoms with Crippen molar-refractivity contribution in [1.29, 1.82) is 0 Å². The van der Waals surface area contributed by atoms with Crippen molar-refractivity contribution in [1.82, 2.24) is 5.32 Å². The molecule has 20 heavy (non-hydrogen) atoms. The van der Waals surface area contributed by atoms with Gasteiger partial charge in [0.1, 0.15) is 0 Å². The number of rotatable bonds is 4. The summed E-state index contributed by atoms with van der Waals surface area (Å²) in [4.78, 5) is 12.1. The number of carbonyl (C=O) groups is 1. The maximum absolute atomic E-state index is 12.1. The van der Waals surface area contributed by atoms with E-state index in [1.165, 1.54) is 0 Å². The molecule has 0 atom stereocenters. The molecule has 0 radical (unpaired) electrons. The van der Waals surface area contributed by atoms with E-state index in [-0.39, 0.29) is 5.91 Å². The first-order chi connectivity index (χ1) is 9.52. The molecule has 0 saturated heterocycles. The van der Waals surface area contributed by atoms with Crippen LogP contribution in [0.15, 0.2) is 24.3 Å². The Balaban J connectivity index is 1.91. The zero-order valence-corrected chi connectivity index (χ0v) is 12.6. The van der Waals surface area contributed by atoms with Crippen LogP contribution < -0.4 is 5.32 Å². The fourth-order valence-corrected chi connectivity index (χ4v) is 2.79. The highest BCUT2D eigenvalue weighted by atomic mass is 35.5. The van der Waals surface area contributed by atoms with E-state index in [0.29, 0.717) is 23.9 Å². The Labute approximate surface area is 125 Å². The van der Waals surface area contributed by atoms with E-state index in [2.05, 4.69) is 12.2 Å². The average Bonchev–Trinajstić information content (AvgIpc) is 2.48. The third kappa shape index (κ3) is 3.97. The van der Waals surface area contributed by atoms with Crippen LogP contribution in [0, 0.1) is 5.92 Å². The highest BCUT2D eigenvalue weighted by molar-refractivity contribution is 6.17. The summed E-state index contributed by atoms with van der Waals surface area (Å²) in [6.45, 7) is 2.53. The van der Waals surface area contributed by atoms with Crippen LogP contribution in [0.25, 0.3) is 0 Å². The second-order valence-electron chi connectivity index (χ2n) is 5.92. The number of carbonyl (C=O) groups excluding carboxylic acids is 1. The molecule has 0 bridgehead atoms. The molecule has 0 aromatic heterocycles. The van der Waals surface area contributed by atoms with Crippen molar-refractivity contribution >= 4 is 17.5 Å². The minimum absolute atomic E-state index is 0.149. The van der Waals surface area contributed by atoms with E-state index in [0.717, 1.165) is 31.2 Å². The monoisotopic (exact) mass is 295 g/mol. The Kier molecular flexibility index (Phi) is 5.06. The van der Waals surface area contributed by atoms with Crippen molar-refractivity contribution in [3.63, 3.8) is 0 Å². The second kappa shape index (κ2) is 6.59. The number of alkyl halides is 1. The molecule has 110 valence electrons. The fraction of sp³-hybridized carbons (Fsp3) is 0.562. The highest BCUT2D eigenvalue weighted by Gasteiger charge is 2.32. The Morgan fingerprint density at radius 2 is 2.15 bits per heavy atom. The number of halogens is 1. The van der Waals surface area contributed by atoms with Crippen molar-refractivity contribution in [2.75, 3.05) is 6.54 Å². The maximum Gasteiger partial charge on any atom is 0.251 e. The number of hydrogen-bond donors (Lipinski definition) is 2. The van der Waals surface area contributed by atoms with Crippen molar-refractivity contribution in [3.05, 3.63) is 35.4 Å². The Morgan fingerprint density at radius 3 is 2.80 bits per heavy atom. The largest absolute Gasteiger partial charge is 0.388 e. The molecular formula is C16H22ClNO2. The van der Waals surface area contributed by atoms with E-state index in [1.807, 2.05) is 12.1 Å². The van der Waals surface area contributed by atoms with Gasteiger partial charge in [-0.1, -0.05) is 19.1 Å². The van der Waals surface area contributed by atoms with Crippen LogP contribution in [0.1, 0.15) is 48.5 Å². The Bertz CT molecular complexity index is 467. The summed E-state index contributed by atoms with van der Waals surface area (Å²) in [5.74, 6) is 0.915. The molecule has 1 aromatic carbocycles. The zero-order chi connectivity index (χ0) is 14.6. The third-order valence-electron chi connectivity index (χ3n) is 4.13. The molecule has 0 aliphatic heterocycles. The minimum atomic E-state index is -0.744. The molecule has 0 unspecified atom stereocenters. The van der Waals surface area contributed by atoms with Gasteiger partial charge in [-0.2, -0.15) is 0 Å². The SMILES string of the molecule is CC1CCC(O)(CNC(=O)c2cccc(CCl)c2)CC1. The number of amides is 1. The normalized spacial score (nSPS) is 26.2. The van der Waals surface area contributed by atoms with Crippen molar-refractivity contribution in [2.45, 2.75) is 44.1 Å². The summed E-state index contributed by atoms with van der Waals surface area (Å²) in [5, 5.41) is 13.3. The van der Waals surface area contributed by atoms with Crippen LogP contribution in [0.3, 0.4) is 0 Å². The molecule has 3 nitrogen and oxygen atoms in total. The van der Waals surface area contributed by atoms with Gasteiger partial charge in [0.2, 0.25) is 0 Å². The first-order valence-corrected chi connectivity index (χ1v) is 7.71. The van der Waals surface area contributed by atoms with Gasteiger partial charge in [-0.25, -0.2) is 0 Å². The van der Waals surface area contributed by atoms with Crippen LogP contribution in [0.4, 0.5) is 0 Å². The highest BCUT2D eigenvalue weighted by Crippen LogP contribution is 2.31. The van der Waals surface area contributed by atoms with Gasteiger partial charge in [0, 0.05) is 18.0 Å². The summed E-state index contributed by atoms with van der Waals surface area (Å²) in [7, 11) is 0. The van der Waals surface area contributed by atoms with Gasteiger partial charge >= 0.3 is 0 Å². The lowest BCUT2D eigenvalue weighted by atomic mass is 9.79. The van der Waals surface area contributed by atoms with Crippen LogP contribution in [-0.4, -0.2) is 23.2 Å². The fourth-order valence-electron chi connectivity index (χ4n) is 2.62. The molecule has 1 fully saturated rings. The molecule has 4 heteroatoms. The Hall–Kier alpha value is -1.06. The van der Waals surface area contributed by atoms with E-state index in [1.54, 1.807) is 12.1 Å². The lowest BCUT2D eigenvalue weighted by Gasteiger charge is -2.34. The molecule has 0 spiro atoms. The Morgan fingerprint density at radius 1 is 1.45 bits per heavy atom. The summed E-state index contributed by atoms with van der Waals surface area (Å²) in [6, 6.07) is 7.26. The van der Waals surface area contributed by atoms with Crippen molar-refractivity contribution < 1.29 is 9.90 Å². The van der Waals surface area contributed by atoms with Gasteiger partial charge in [-0.05, 0) is 49.3 Å². The predicted octanol–water partition coefficient (Wildman–Crippen LogP) is 3.10. The topological polar surface area (TPSA) is 49.3 Å². The van der Waals surface area contributed by atoms with Gasteiger partial charge in [0.25, 0.3) is 5.91 Å². The number of hydrogen-bond acceptors (Lipinski definition) is 2. The molecule has 2 rings (SSSR count). The number of aliphatic hydroxyl groups is 1. The van der Waals surface area contributed by atoms with Gasteiger partial charge < -0.3 is 10.4 Å². The smallest absolute Gasteiger partial charge is 0.251 e. The van der Waals surface area contributed by atoms with Crippen LogP contribution in [0.2, 0.25) is 0 Å². The molecule has 0 heterocycles. The molecular weight excluding hydrogens is 274 g/mol.